The zero-order valence-electron chi connectivity index (χ0n) is 35.5. The molecule has 0 aliphatic rings. The van der Waals surface area contributed by atoms with Crippen molar-refractivity contribution in [2.24, 2.45) is 5.92 Å². The number of carbonyl (C=O) groups is 2. The summed E-state index contributed by atoms with van der Waals surface area (Å²) in [5, 5.41) is 19.6. The van der Waals surface area contributed by atoms with Crippen LogP contribution in [0.2, 0.25) is 0 Å². The van der Waals surface area contributed by atoms with Crippen LogP contribution < -0.4 is 0 Å². The third-order valence-corrected chi connectivity index (χ3v) is 10.2. The maximum Gasteiger partial charge on any atom is 0.306 e. The Kier molecular flexibility index (Phi) is 40.3. The summed E-state index contributed by atoms with van der Waals surface area (Å²) in [4.78, 5) is 24.3. The number of ether oxygens (including phenoxy) is 2. The highest BCUT2D eigenvalue weighted by molar-refractivity contribution is 5.70. The van der Waals surface area contributed by atoms with Gasteiger partial charge in [0, 0.05) is 12.8 Å². The topological polar surface area (TPSA) is 93.1 Å². The van der Waals surface area contributed by atoms with Gasteiger partial charge in [-0.1, -0.05) is 204 Å². The second-order valence-electron chi connectivity index (χ2n) is 15.6. The van der Waals surface area contributed by atoms with E-state index in [-0.39, 0.29) is 25.6 Å². The molecular formula is C48H86O6. The number of carbonyl (C=O) groups excluding carboxylic acids is 2. The first-order chi connectivity index (χ1) is 26.4. The number of rotatable bonds is 40. The summed E-state index contributed by atoms with van der Waals surface area (Å²) in [5.41, 5.74) is 0. The van der Waals surface area contributed by atoms with E-state index in [9.17, 15) is 19.8 Å². The summed E-state index contributed by atoms with van der Waals surface area (Å²) < 4.78 is 10.6. The fraction of sp³-hybridized carbons (Fsp3) is 0.792. The van der Waals surface area contributed by atoms with E-state index < -0.39 is 18.2 Å². The Morgan fingerprint density at radius 1 is 0.593 bits per heavy atom. The Labute approximate surface area is 333 Å². The molecular weight excluding hydrogens is 673 g/mol. The van der Waals surface area contributed by atoms with E-state index in [4.69, 9.17) is 9.47 Å². The summed E-state index contributed by atoms with van der Waals surface area (Å²) in [6.45, 7) is 6.40. The molecule has 54 heavy (non-hydrogen) atoms. The van der Waals surface area contributed by atoms with E-state index in [0.717, 1.165) is 44.4 Å². The minimum absolute atomic E-state index is 0.105. The van der Waals surface area contributed by atoms with E-state index >= 15 is 0 Å². The molecule has 0 aromatic carbocycles. The molecule has 2 N–H and O–H groups in total. The third kappa shape index (κ3) is 39.5. The molecule has 0 fully saturated rings. The normalized spacial score (nSPS) is 13.8. The first-order valence-electron chi connectivity index (χ1n) is 22.7. The molecule has 0 rings (SSSR count). The Bertz CT molecular complexity index is 937. The van der Waals surface area contributed by atoms with E-state index in [2.05, 4.69) is 26.8 Å². The Morgan fingerprint density at radius 3 is 1.70 bits per heavy atom. The van der Waals surface area contributed by atoms with Crippen LogP contribution in [0.4, 0.5) is 0 Å². The summed E-state index contributed by atoms with van der Waals surface area (Å²) in [6, 6.07) is 0. The lowest BCUT2D eigenvalue weighted by Crippen LogP contribution is -2.28. The van der Waals surface area contributed by atoms with Crippen molar-refractivity contribution >= 4 is 11.9 Å². The molecule has 314 valence electrons. The Morgan fingerprint density at radius 2 is 1.13 bits per heavy atom. The lowest BCUT2D eigenvalue weighted by Gasteiger charge is -2.15. The van der Waals surface area contributed by atoms with Gasteiger partial charge >= 0.3 is 11.9 Å². The van der Waals surface area contributed by atoms with Crippen molar-refractivity contribution in [3.8, 4) is 0 Å². The zero-order valence-corrected chi connectivity index (χ0v) is 35.5. The molecule has 0 heterocycles. The number of hydrogen-bond donors (Lipinski definition) is 2. The summed E-state index contributed by atoms with van der Waals surface area (Å²) >= 11 is 0. The lowest BCUT2D eigenvalue weighted by molar-refractivity contribution is -0.161. The van der Waals surface area contributed by atoms with E-state index in [0.29, 0.717) is 19.3 Å². The van der Waals surface area contributed by atoms with Crippen molar-refractivity contribution in [1.29, 1.82) is 0 Å². The number of unbranched alkanes of at least 4 members (excludes halogenated alkanes) is 21. The summed E-state index contributed by atoms with van der Waals surface area (Å²) in [7, 11) is 0. The van der Waals surface area contributed by atoms with Crippen LogP contribution in [0, 0.1) is 5.92 Å². The molecule has 0 aliphatic heterocycles. The molecule has 3 atom stereocenters. The highest BCUT2D eigenvalue weighted by Gasteiger charge is 2.16. The molecule has 0 radical (unpaired) electrons. The second kappa shape index (κ2) is 42.0. The molecule has 0 aliphatic carbocycles. The standard InChI is InChI=1S/C48H86O6/c1-4-6-7-8-22-28-33-38-45(50)39-34-29-24-21-26-31-36-41-48(52)54-46(42-49)43-53-47(51)40-35-30-25-20-18-16-14-12-10-9-11-13-15-17-19-23-27-32-37-44(3)5-2/h21-22,26,28-29,33-34,38,44-46,49-50H,4-20,23-25,27,30-32,35-37,39-43H2,1-3H3/b26-21+,28-22-,34-29-,38-33-/t44?,45-,46-/m0/s1. The van der Waals surface area contributed by atoms with Gasteiger partial charge in [-0.2, -0.15) is 0 Å². The monoisotopic (exact) mass is 759 g/mol. The maximum atomic E-state index is 12.2. The third-order valence-electron chi connectivity index (χ3n) is 10.2. The van der Waals surface area contributed by atoms with Crippen LogP contribution in [0.15, 0.2) is 48.6 Å². The number of allylic oxidation sites excluding steroid dienone is 6. The van der Waals surface area contributed by atoms with Gasteiger partial charge in [-0.15, -0.1) is 0 Å². The first kappa shape index (κ1) is 51.8. The molecule has 0 spiro atoms. The van der Waals surface area contributed by atoms with Crippen LogP contribution in [0.25, 0.3) is 0 Å². The van der Waals surface area contributed by atoms with Crippen LogP contribution in [0.5, 0.6) is 0 Å². The van der Waals surface area contributed by atoms with Crippen molar-refractivity contribution in [2.45, 2.75) is 226 Å². The predicted molar refractivity (Wildman–Crippen MR) is 230 cm³/mol. The summed E-state index contributed by atoms with van der Waals surface area (Å²) in [6.07, 6.45) is 49.2. The molecule has 0 amide bonds. The van der Waals surface area contributed by atoms with Gasteiger partial charge in [0.2, 0.25) is 0 Å². The molecule has 0 bridgehead atoms. The van der Waals surface area contributed by atoms with Gasteiger partial charge in [0.1, 0.15) is 6.61 Å². The van der Waals surface area contributed by atoms with Gasteiger partial charge in [-0.3, -0.25) is 9.59 Å². The predicted octanol–water partition coefficient (Wildman–Crippen LogP) is 13.4. The SMILES string of the molecule is CCCCC/C=C\C=C/[C@H](O)C/C=C\C/C=C/CCCC(=O)O[C@@H](CO)COC(=O)CCCCCCCCCCCCCCCCCCCCC(C)CC. The minimum Gasteiger partial charge on any atom is -0.462 e. The molecule has 6 heteroatoms. The fourth-order valence-electron chi connectivity index (χ4n) is 6.37. The van der Waals surface area contributed by atoms with Crippen LogP contribution in [0.3, 0.4) is 0 Å². The van der Waals surface area contributed by atoms with Gasteiger partial charge in [0.15, 0.2) is 6.10 Å². The summed E-state index contributed by atoms with van der Waals surface area (Å²) in [5.74, 6) is 0.217. The van der Waals surface area contributed by atoms with Crippen LogP contribution in [0.1, 0.15) is 213 Å². The number of hydrogen-bond acceptors (Lipinski definition) is 6. The largest absolute Gasteiger partial charge is 0.462 e. The van der Waals surface area contributed by atoms with E-state index in [1.54, 1.807) is 0 Å². The molecule has 0 saturated carbocycles. The Hall–Kier alpha value is -2.18. The second-order valence-corrected chi connectivity index (χ2v) is 15.6. The van der Waals surface area contributed by atoms with Crippen molar-refractivity contribution in [1.82, 2.24) is 0 Å². The van der Waals surface area contributed by atoms with Crippen molar-refractivity contribution in [3.63, 3.8) is 0 Å². The molecule has 0 aromatic rings. The van der Waals surface area contributed by atoms with E-state index in [1.165, 1.54) is 128 Å². The number of aliphatic hydroxyl groups is 2. The average molecular weight is 759 g/mol. The molecule has 1 unspecified atom stereocenters. The smallest absolute Gasteiger partial charge is 0.306 e. The Balaban J connectivity index is 3.63. The number of aliphatic hydroxyl groups excluding tert-OH is 2. The van der Waals surface area contributed by atoms with Crippen LogP contribution in [-0.4, -0.2) is 47.6 Å². The lowest BCUT2D eigenvalue weighted by atomic mass is 9.99. The van der Waals surface area contributed by atoms with Gasteiger partial charge in [0.05, 0.1) is 12.7 Å². The highest BCUT2D eigenvalue weighted by atomic mass is 16.6. The fourth-order valence-corrected chi connectivity index (χ4v) is 6.37. The van der Waals surface area contributed by atoms with E-state index in [1.807, 2.05) is 42.5 Å². The van der Waals surface area contributed by atoms with Gasteiger partial charge < -0.3 is 19.7 Å². The van der Waals surface area contributed by atoms with Gasteiger partial charge in [-0.25, -0.2) is 0 Å². The van der Waals surface area contributed by atoms with Gasteiger partial charge in [-0.05, 0) is 50.9 Å². The maximum absolute atomic E-state index is 12.2. The average Bonchev–Trinajstić information content (AvgIpc) is 3.17. The number of esters is 2. The van der Waals surface area contributed by atoms with Gasteiger partial charge in [0.25, 0.3) is 0 Å². The highest BCUT2D eigenvalue weighted by Crippen LogP contribution is 2.17. The van der Waals surface area contributed by atoms with Crippen molar-refractivity contribution in [3.05, 3.63) is 48.6 Å². The van der Waals surface area contributed by atoms with Crippen LogP contribution >= 0.6 is 0 Å². The molecule has 0 saturated heterocycles. The van der Waals surface area contributed by atoms with Crippen molar-refractivity contribution in [2.75, 3.05) is 13.2 Å². The van der Waals surface area contributed by atoms with Crippen LogP contribution in [-0.2, 0) is 19.1 Å². The molecule has 0 aromatic heterocycles. The molecule has 6 nitrogen and oxygen atoms in total. The van der Waals surface area contributed by atoms with Crippen molar-refractivity contribution < 1.29 is 29.3 Å². The first-order valence-corrected chi connectivity index (χ1v) is 22.7. The minimum atomic E-state index is -0.821. The zero-order chi connectivity index (χ0) is 39.6. The quantitative estimate of drug-likeness (QED) is 0.0280.